The fourth-order valence-electron chi connectivity index (χ4n) is 3.10. The lowest BCUT2D eigenvalue weighted by Crippen LogP contribution is -1.94. The first-order valence-electron chi connectivity index (χ1n) is 7.42. The van der Waals surface area contributed by atoms with Crippen molar-refractivity contribution in [3.05, 3.63) is 47.5 Å². The number of allylic oxidation sites excluding steroid dienone is 4. The molecule has 1 aromatic rings. The Labute approximate surface area is 110 Å². The molecular weight excluding hydrogens is 216 g/mol. The summed E-state index contributed by atoms with van der Waals surface area (Å²) in [5.74, 6) is 0. The van der Waals surface area contributed by atoms with E-state index in [4.69, 9.17) is 0 Å². The van der Waals surface area contributed by atoms with Crippen LogP contribution in [0.3, 0.4) is 0 Å². The molecule has 0 fully saturated rings. The maximum absolute atomic E-state index is 2.43. The third kappa shape index (κ3) is 2.58. The second-order valence-corrected chi connectivity index (χ2v) is 5.53. The third-order valence-electron chi connectivity index (χ3n) is 4.21. The summed E-state index contributed by atoms with van der Waals surface area (Å²) in [6.07, 6.45) is 15.4. The zero-order valence-corrected chi connectivity index (χ0v) is 11.1. The lowest BCUT2D eigenvalue weighted by Gasteiger charge is -2.15. The van der Waals surface area contributed by atoms with Crippen molar-refractivity contribution >= 4 is 11.1 Å². The Kier molecular flexibility index (Phi) is 3.64. The van der Waals surface area contributed by atoms with Crippen LogP contribution in [0.4, 0.5) is 0 Å². The van der Waals surface area contributed by atoms with Crippen molar-refractivity contribution in [2.75, 3.05) is 0 Å². The molecular formula is C18H22. The van der Waals surface area contributed by atoms with Crippen LogP contribution in [0, 0.1) is 0 Å². The van der Waals surface area contributed by atoms with Gasteiger partial charge in [-0.3, -0.25) is 0 Å². The Morgan fingerprint density at radius 1 is 0.556 bits per heavy atom. The summed E-state index contributed by atoms with van der Waals surface area (Å²) in [7, 11) is 0. The zero-order chi connectivity index (χ0) is 12.2. The minimum Gasteiger partial charge on any atom is -0.0807 e. The van der Waals surface area contributed by atoms with Crippen molar-refractivity contribution in [2.24, 2.45) is 0 Å². The Morgan fingerprint density at radius 3 is 1.33 bits per heavy atom. The van der Waals surface area contributed by atoms with E-state index < -0.39 is 0 Å². The first kappa shape index (κ1) is 11.8. The van der Waals surface area contributed by atoms with Gasteiger partial charge >= 0.3 is 0 Å². The van der Waals surface area contributed by atoms with Crippen LogP contribution < -0.4 is 0 Å². The molecule has 0 spiro atoms. The standard InChI is InChI=1S/C18H22/c1-3-7-15(8-4-1)17-11-13-18(14-12-17)16-9-5-2-6-10-16/h7,9,11-14H,1-6,8,10H2. The van der Waals surface area contributed by atoms with E-state index >= 15 is 0 Å². The smallest absolute Gasteiger partial charge is 0.0227 e. The van der Waals surface area contributed by atoms with E-state index in [0.29, 0.717) is 0 Å². The van der Waals surface area contributed by atoms with Crippen LogP contribution in [0.1, 0.15) is 62.5 Å². The molecule has 0 saturated carbocycles. The van der Waals surface area contributed by atoms with Gasteiger partial charge < -0.3 is 0 Å². The maximum Gasteiger partial charge on any atom is -0.0227 e. The van der Waals surface area contributed by atoms with Gasteiger partial charge in [0.05, 0.1) is 0 Å². The van der Waals surface area contributed by atoms with Crippen molar-refractivity contribution < 1.29 is 0 Å². The van der Waals surface area contributed by atoms with Crippen molar-refractivity contribution in [2.45, 2.75) is 51.4 Å². The van der Waals surface area contributed by atoms with Gasteiger partial charge in [-0.15, -0.1) is 0 Å². The van der Waals surface area contributed by atoms with Gasteiger partial charge in [0, 0.05) is 0 Å². The van der Waals surface area contributed by atoms with E-state index in [1.54, 1.807) is 11.1 Å². The van der Waals surface area contributed by atoms with Gasteiger partial charge in [-0.05, 0) is 73.6 Å². The van der Waals surface area contributed by atoms with Gasteiger partial charge in [-0.1, -0.05) is 36.4 Å². The molecule has 0 nitrogen and oxygen atoms in total. The summed E-state index contributed by atoms with van der Waals surface area (Å²) in [6.45, 7) is 0. The van der Waals surface area contributed by atoms with Crippen LogP contribution in [-0.4, -0.2) is 0 Å². The molecule has 0 unspecified atom stereocenters. The Morgan fingerprint density at radius 2 is 1.00 bits per heavy atom. The third-order valence-corrected chi connectivity index (χ3v) is 4.21. The normalized spacial score (nSPS) is 20.2. The topological polar surface area (TPSA) is 0 Å². The molecule has 1 aromatic carbocycles. The molecule has 0 atom stereocenters. The summed E-state index contributed by atoms with van der Waals surface area (Å²) in [5, 5.41) is 0. The van der Waals surface area contributed by atoms with Gasteiger partial charge in [0.2, 0.25) is 0 Å². The van der Waals surface area contributed by atoms with Gasteiger partial charge in [-0.2, -0.15) is 0 Å². The number of rotatable bonds is 2. The molecule has 0 N–H and O–H groups in total. The van der Waals surface area contributed by atoms with E-state index in [0.717, 1.165) is 0 Å². The van der Waals surface area contributed by atoms with Gasteiger partial charge in [0.15, 0.2) is 0 Å². The van der Waals surface area contributed by atoms with Gasteiger partial charge in [0.25, 0.3) is 0 Å². The van der Waals surface area contributed by atoms with Crippen LogP contribution >= 0.6 is 0 Å². The first-order chi connectivity index (χ1) is 8.93. The maximum atomic E-state index is 2.43. The second kappa shape index (κ2) is 5.56. The largest absolute Gasteiger partial charge is 0.0807 e. The molecule has 0 aromatic heterocycles. The Hall–Kier alpha value is -1.30. The molecule has 0 radical (unpaired) electrons. The van der Waals surface area contributed by atoms with Crippen molar-refractivity contribution in [1.82, 2.24) is 0 Å². The second-order valence-electron chi connectivity index (χ2n) is 5.53. The van der Waals surface area contributed by atoms with Crippen LogP contribution in [0.2, 0.25) is 0 Å². The lowest BCUT2D eigenvalue weighted by molar-refractivity contribution is 0.741. The molecule has 0 bridgehead atoms. The monoisotopic (exact) mass is 238 g/mol. The van der Waals surface area contributed by atoms with Crippen LogP contribution in [-0.2, 0) is 0 Å². The summed E-state index contributed by atoms with van der Waals surface area (Å²) in [4.78, 5) is 0. The number of benzene rings is 1. The summed E-state index contributed by atoms with van der Waals surface area (Å²) in [5.41, 5.74) is 6.00. The highest BCUT2D eigenvalue weighted by molar-refractivity contribution is 5.71. The molecule has 3 rings (SSSR count). The molecule has 18 heavy (non-hydrogen) atoms. The highest BCUT2D eigenvalue weighted by Gasteiger charge is 2.08. The predicted molar refractivity (Wildman–Crippen MR) is 79.3 cm³/mol. The highest BCUT2D eigenvalue weighted by Crippen LogP contribution is 2.30. The molecule has 2 aliphatic rings. The average molecular weight is 238 g/mol. The van der Waals surface area contributed by atoms with Crippen molar-refractivity contribution in [1.29, 1.82) is 0 Å². The molecule has 0 heterocycles. The molecule has 0 saturated heterocycles. The molecule has 2 aliphatic carbocycles. The SMILES string of the molecule is C1=C(c2ccc(C3=CCCCC3)cc2)CCCC1. The van der Waals surface area contributed by atoms with Gasteiger partial charge in [0.1, 0.15) is 0 Å². The first-order valence-corrected chi connectivity index (χ1v) is 7.42. The zero-order valence-electron chi connectivity index (χ0n) is 11.1. The molecule has 0 amide bonds. The van der Waals surface area contributed by atoms with E-state index in [9.17, 15) is 0 Å². The molecule has 0 aliphatic heterocycles. The minimum absolute atomic E-state index is 1.27. The van der Waals surface area contributed by atoms with Crippen LogP contribution in [0.5, 0.6) is 0 Å². The van der Waals surface area contributed by atoms with Gasteiger partial charge in [-0.25, -0.2) is 0 Å². The minimum atomic E-state index is 1.27. The van der Waals surface area contributed by atoms with E-state index in [2.05, 4.69) is 36.4 Å². The predicted octanol–water partition coefficient (Wildman–Crippen LogP) is 5.60. The summed E-state index contributed by atoms with van der Waals surface area (Å²) in [6, 6.07) is 9.29. The Bertz CT molecular complexity index is 414. The molecule has 94 valence electrons. The summed E-state index contributed by atoms with van der Waals surface area (Å²) < 4.78 is 0. The van der Waals surface area contributed by atoms with Crippen LogP contribution in [0.15, 0.2) is 36.4 Å². The van der Waals surface area contributed by atoms with Crippen LogP contribution in [0.25, 0.3) is 11.1 Å². The summed E-state index contributed by atoms with van der Waals surface area (Å²) >= 11 is 0. The molecule has 0 heteroatoms. The van der Waals surface area contributed by atoms with E-state index in [-0.39, 0.29) is 0 Å². The fourth-order valence-corrected chi connectivity index (χ4v) is 3.10. The van der Waals surface area contributed by atoms with Crippen molar-refractivity contribution in [3.8, 4) is 0 Å². The Balaban J connectivity index is 1.80. The van der Waals surface area contributed by atoms with Crippen molar-refractivity contribution in [3.63, 3.8) is 0 Å². The number of hydrogen-bond acceptors (Lipinski definition) is 0. The number of hydrogen-bond donors (Lipinski definition) is 0. The van der Waals surface area contributed by atoms with E-state index in [1.165, 1.54) is 62.5 Å². The highest BCUT2D eigenvalue weighted by atomic mass is 14.1. The lowest BCUT2D eigenvalue weighted by atomic mass is 9.90. The van der Waals surface area contributed by atoms with E-state index in [1.807, 2.05) is 0 Å². The fraction of sp³-hybridized carbons (Fsp3) is 0.444. The average Bonchev–Trinajstić information content (AvgIpc) is 2.49. The quantitative estimate of drug-likeness (QED) is 0.629.